The van der Waals surface area contributed by atoms with Crippen molar-refractivity contribution in [2.45, 2.75) is 6.92 Å². The van der Waals surface area contributed by atoms with Gasteiger partial charge in [-0.15, -0.1) is 0 Å². The van der Waals surface area contributed by atoms with Crippen molar-refractivity contribution in [3.05, 3.63) is 57.1 Å². The molecule has 3 aromatic rings. The van der Waals surface area contributed by atoms with Crippen LogP contribution in [0.25, 0.3) is 11.1 Å². The van der Waals surface area contributed by atoms with Crippen LogP contribution in [0.3, 0.4) is 0 Å². The molecule has 0 amide bonds. The molecule has 0 N–H and O–H groups in total. The molecule has 6 nitrogen and oxygen atoms in total. The molecule has 0 saturated carbocycles. The quantitative estimate of drug-likeness (QED) is 0.535. The van der Waals surface area contributed by atoms with Crippen molar-refractivity contribution in [1.29, 1.82) is 0 Å². The van der Waals surface area contributed by atoms with Crippen LogP contribution in [0.5, 0.6) is 0 Å². The first-order valence-electron chi connectivity index (χ1n) is 6.10. The van der Waals surface area contributed by atoms with Gasteiger partial charge in [-0.05, 0) is 24.6 Å². The third kappa shape index (κ3) is 2.13. The Balaban J connectivity index is 2.21. The largest absolute Gasteiger partial charge is 0.419 e. The predicted molar refractivity (Wildman–Crippen MR) is 76.7 cm³/mol. The number of aromatic nitrogens is 3. The number of rotatable bonds is 2. The lowest BCUT2D eigenvalue weighted by molar-refractivity contribution is 0.103. The van der Waals surface area contributed by atoms with Gasteiger partial charge in [-0.1, -0.05) is 11.6 Å². The monoisotopic (exact) mass is 303 g/mol. The molecule has 0 aliphatic heterocycles. The molecular formula is C14H10ClN3O3. The van der Waals surface area contributed by atoms with Crippen molar-refractivity contribution in [2.75, 3.05) is 0 Å². The highest BCUT2D eigenvalue weighted by atomic mass is 35.5. The first-order chi connectivity index (χ1) is 9.99. The number of hydrogen-bond acceptors (Lipinski definition) is 5. The van der Waals surface area contributed by atoms with Crippen molar-refractivity contribution in [1.82, 2.24) is 14.5 Å². The summed E-state index contributed by atoms with van der Waals surface area (Å²) in [5.41, 5.74) is 2.32. The van der Waals surface area contributed by atoms with Crippen molar-refractivity contribution in [3.8, 4) is 0 Å². The fraction of sp³-hybridized carbons (Fsp3) is 0.143. The second-order valence-electron chi connectivity index (χ2n) is 4.57. The molecule has 0 bridgehead atoms. The van der Waals surface area contributed by atoms with Gasteiger partial charge in [0.2, 0.25) is 5.78 Å². The summed E-state index contributed by atoms with van der Waals surface area (Å²) in [6, 6.07) is 4.61. The molecule has 2 heterocycles. The molecule has 2 aromatic heterocycles. The van der Waals surface area contributed by atoms with Gasteiger partial charge >= 0.3 is 5.76 Å². The van der Waals surface area contributed by atoms with E-state index in [4.69, 9.17) is 16.0 Å². The smallest absolute Gasteiger partial charge is 0.408 e. The summed E-state index contributed by atoms with van der Waals surface area (Å²) in [5, 5.41) is 0.197. The van der Waals surface area contributed by atoms with Gasteiger partial charge in [-0.25, -0.2) is 14.8 Å². The average molecular weight is 304 g/mol. The molecule has 0 aliphatic carbocycles. The van der Waals surface area contributed by atoms with Gasteiger partial charge in [0.25, 0.3) is 0 Å². The highest BCUT2D eigenvalue weighted by Crippen LogP contribution is 2.22. The summed E-state index contributed by atoms with van der Waals surface area (Å²) in [5.74, 6) is -0.755. The molecule has 0 saturated heterocycles. The molecule has 0 aliphatic rings. The Morgan fingerprint density at radius 2 is 2.10 bits per heavy atom. The lowest BCUT2D eigenvalue weighted by atomic mass is 10.0. The van der Waals surface area contributed by atoms with Gasteiger partial charge in [-0.3, -0.25) is 9.36 Å². The Morgan fingerprint density at radius 3 is 2.81 bits per heavy atom. The van der Waals surface area contributed by atoms with Crippen LogP contribution in [0.2, 0.25) is 5.15 Å². The summed E-state index contributed by atoms with van der Waals surface area (Å²) in [7, 11) is 1.59. The van der Waals surface area contributed by atoms with E-state index >= 15 is 0 Å². The van der Waals surface area contributed by atoms with Crippen molar-refractivity contribution < 1.29 is 9.21 Å². The molecule has 7 heteroatoms. The Morgan fingerprint density at radius 1 is 1.33 bits per heavy atom. The maximum Gasteiger partial charge on any atom is 0.419 e. The zero-order valence-electron chi connectivity index (χ0n) is 11.3. The van der Waals surface area contributed by atoms with E-state index in [0.717, 1.165) is 0 Å². The van der Waals surface area contributed by atoms with Crippen LogP contribution in [0.15, 0.2) is 33.7 Å². The topological polar surface area (TPSA) is 78.0 Å². The predicted octanol–water partition coefficient (Wildman–Crippen LogP) is 2.11. The number of ketones is 1. The second-order valence-corrected chi connectivity index (χ2v) is 4.95. The summed E-state index contributed by atoms with van der Waals surface area (Å²) in [6.07, 6.45) is 1.23. The molecule has 0 fully saturated rings. The molecule has 1 aromatic carbocycles. The van der Waals surface area contributed by atoms with Gasteiger partial charge in [-0.2, -0.15) is 0 Å². The number of nitrogens with zero attached hydrogens (tertiary/aromatic N) is 3. The number of carbonyl (C=O) groups excluding carboxylic acids is 1. The van der Waals surface area contributed by atoms with Crippen LogP contribution in [-0.2, 0) is 7.05 Å². The lowest BCUT2D eigenvalue weighted by Crippen LogP contribution is -2.11. The van der Waals surface area contributed by atoms with Crippen LogP contribution in [-0.4, -0.2) is 20.3 Å². The van der Waals surface area contributed by atoms with Crippen molar-refractivity contribution in [3.63, 3.8) is 0 Å². The van der Waals surface area contributed by atoms with E-state index in [9.17, 15) is 9.59 Å². The molecule has 0 spiro atoms. The van der Waals surface area contributed by atoms with E-state index in [1.165, 1.54) is 17.0 Å². The summed E-state index contributed by atoms with van der Waals surface area (Å²) >= 11 is 5.78. The van der Waals surface area contributed by atoms with E-state index in [2.05, 4.69) is 9.97 Å². The average Bonchev–Trinajstić information content (AvgIpc) is 2.74. The van der Waals surface area contributed by atoms with E-state index < -0.39 is 5.76 Å². The van der Waals surface area contributed by atoms with Gasteiger partial charge in [0.05, 0.1) is 5.52 Å². The highest BCUT2D eigenvalue weighted by Gasteiger charge is 2.18. The zero-order valence-corrected chi connectivity index (χ0v) is 12.0. The summed E-state index contributed by atoms with van der Waals surface area (Å²) in [6.45, 7) is 1.76. The minimum Gasteiger partial charge on any atom is -0.408 e. The molecule has 0 atom stereocenters. The van der Waals surface area contributed by atoms with E-state index in [1.807, 2.05) is 0 Å². The number of benzene rings is 1. The van der Waals surface area contributed by atoms with Gasteiger partial charge in [0.15, 0.2) is 5.58 Å². The van der Waals surface area contributed by atoms with Crippen LogP contribution >= 0.6 is 11.6 Å². The number of fused-ring (bicyclic) bond motifs is 1. The second kappa shape index (κ2) is 4.82. The van der Waals surface area contributed by atoms with Gasteiger partial charge < -0.3 is 4.42 Å². The highest BCUT2D eigenvalue weighted by molar-refractivity contribution is 6.29. The third-order valence-electron chi connectivity index (χ3n) is 3.31. The number of oxazole rings is 1. The summed E-state index contributed by atoms with van der Waals surface area (Å²) in [4.78, 5) is 31.7. The molecule has 106 valence electrons. The fourth-order valence-electron chi connectivity index (χ4n) is 2.27. The molecule has 0 unspecified atom stereocenters. The summed E-state index contributed by atoms with van der Waals surface area (Å²) < 4.78 is 6.46. The number of halogens is 1. The van der Waals surface area contributed by atoms with Crippen LogP contribution in [0.4, 0.5) is 0 Å². The first-order valence-corrected chi connectivity index (χ1v) is 6.48. The molecular weight excluding hydrogens is 294 g/mol. The third-order valence-corrected chi connectivity index (χ3v) is 3.52. The molecule has 3 rings (SSSR count). The lowest BCUT2D eigenvalue weighted by Gasteiger charge is -2.06. The van der Waals surface area contributed by atoms with E-state index in [1.54, 1.807) is 26.1 Å². The Labute approximate surface area is 124 Å². The van der Waals surface area contributed by atoms with Crippen molar-refractivity contribution >= 4 is 28.5 Å². The van der Waals surface area contributed by atoms with E-state index in [-0.39, 0.29) is 16.6 Å². The fourth-order valence-corrected chi connectivity index (χ4v) is 2.42. The normalized spacial score (nSPS) is 11.0. The van der Waals surface area contributed by atoms with Gasteiger partial charge in [0.1, 0.15) is 17.2 Å². The minimum atomic E-state index is -0.470. The molecule has 21 heavy (non-hydrogen) atoms. The van der Waals surface area contributed by atoms with E-state index in [0.29, 0.717) is 22.2 Å². The Hall–Kier alpha value is -2.47. The zero-order chi connectivity index (χ0) is 15.1. The van der Waals surface area contributed by atoms with Gasteiger partial charge in [0, 0.05) is 18.7 Å². The van der Waals surface area contributed by atoms with Crippen LogP contribution in [0, 0.1) is 6.92 Å². The van der Waals surface area contributed by atoms with Crippen LogP contribution < -0.4 is 5.76 Å². The number of hydrogen-bond donors (Lipinski definition) is 0. The number of carbonyl (C=O) groups is 1. The maximum absolute atomic E-state index is 12.5. The Bertz CT molecular complexity index is 927. The van der Waals surface area contributed by atoms with Crippen molar-refractivity contribution in [2.24, 2.45) is 7.05 Å². The molecule has 0 radical (unpaired) electrons. The Kier molecular flexibility index (Phi) is 3.10. The first kappa shape index (κ1) is 13.5. The standard InChI is InChI=1S/C14H10ClN3O3/c1-7-8(13(19)9-5-11(15)17-6-16-9)3-4-10-12(7)18(2)14(20)21-10/h3-6H,1-2H3. The van der Waals surface area contributed by atoms with Crippen LogP contribution in [0.1, 0.15) is 21.6 Å². The number of aryl methyl sites for hydroxylation is 2. The maximum atomic E-state index is 12.5. The SMILES string of the molecule is Cc1c(C(=O)c2cc(Cl)ncn2)ccc2oc(=O)n(C)c12. The minimum absolute atomic E-state index is 0.197.